The Kier molecular flexibility index (Phi) is 8.74. The zero-order valence-corrected chi connectivity index (χ0v) is 22.2. The average Bonchev–Trinajstić information content (AvgIpc) is 3.55. The third-order valence-corrected chi connectivity index (χ3v) is 8.72. The van der Waals surface area contributed by atoms with Crippen molar-refractivity contribution in [1.29, 1.82) is 0 Å². The fraction of sp³-hybridized carbons (Fsp3) is 0.333. The van der Waals surface area contributed by atoms with Gasteiger partial charge in [-0.25, -0.2) is 43.6 Å². The molecule has 218 valence electrons. The van der Waals surface area contributed by atoms with Gasteiger partial charge in [-0.3, -0.25) is 9.09 Å². The predicted molar refractivity (Wildman–Crippen MR) is 127 cm³/mol. The number of nitrogens with one attached hydrogen (secondary N) is 1. The molecule has 0 aliphatic carbocycles. The van der Waals surface area contributed by atoms with Gasteiger partial charge in [0.25, 0.3) is 0 Å². The summed E-state index contributed by atoms with van der Waals surface area (Å²) in [4.78, 5) is 61.7. The van der Waals surface area contributed by atoms with Crippen molar-refractivity contribution in [3.05, 3.63) is 31.5 Å². The summed E-state index contributed by atoms with van der Waals surface area (Å²) in [6.07, 6.45) is 1.07. The molecule has 0 bridgehead atoms. The third-order valence-electron chi connectivity index (χ3n) is 4.91. The van der Waals surface area contributed by atoms with Gasteiger partial charge in [-0.1, -0.05) is 0 Å². The Morgan fingerprint density at radius 1 is 0.975 bits per heavy atom. The molecule has 6 atom stereocenters. The lowest BCUT2D eigenvalue weighted by atomic mass is 10.1. The Morgan fingerprint density at radius 2 is 1.73 bits per heavy atom. The highest BCUT2D eigenvalue weighted by Crippen LogP contribution is 2.66. The molecule has 1 aliphatic rings. The van der Waals surface area contributed by atoms with Crippen LogP contribution in [-0.4, -0.2) is 94.2 Å². The van der Waals surface area contributed by atoms with Gasteiger partial charge in [0.05, 0.1) is 25.5 Å². The molecule has 1 fully saturated rings. The molecule has 0 aromatic carbocycles. The molecular weight excluding hydrogens is 607 g/mol. The van der Waals surface area contributed by atoms with Crippen LogP contribution in [0.15, 0.2) is 31.5 Å². The van der Waals surface area contributed by atoms with Crippen molar-refractivity contribution in [2.24, 2.45) is 0 Å². The van der Waals surface area contributed by atoms with E-state index in [4.69, 9.17) is 25.2 Å². The lowest BCUT2D eigenvalue weighted by Gasteiger charge is -2.19. The van der Waals surface area contributed by atoms with E-state index in [9.17, 15) is 28.8 Å². The fourth-order valence-corrected chi connectivity index (χ4v) is 6.34. The summed E-state index contributed by atoms with van der Waals surface area (Å²) in [7, 11) is -16.7. The minimum atomic E-state index is -5.70. The van der Waals surface area contributed by atoms with Crippen LogP contribution in [-0.2, 0) is 31.6 Å². The number of fused-ring (bicyclic) bond motifs is 2. The number of aromatic nitrogens is 8. The first-order valence-electron chi connectivity index (χ1n) is 10.5. The minimum absolute atomic E-state index is 0.0426. The van der Waals surface area contributed by atoms with E-state index in [1.807, 2.05) is 0 Å². The number of nitrogens with two attached hydrogens (primary N) is 1. The lowest BCUT2D eigenvalue weighted by molar-refractivity contribution is -0.0503. The minimum Gasteiger partial charge on any atom is -0.387 e. The van der Waals surface area contributed by atoms with Crippen molar-refractivity contribution in [3.63, 3.8) is 0 Å². The summed E-state index contributed by atoms with van der Waals surface area (Å²) in [6, 6.07) is 0. The van der Waals surface area contributed by atoms with E-state index < -0.39 is 54.6 Å². The van der Waals surface area contributed by atoms with Gasteiger partial charge < -0.3 is 45.2 Å². The molecule has 25 heteroatoms. The normalized spacial score (nSPS) is 24.4. The fourth-order valence-electron chi connectivity index (χ4n) is 3.31. The van der Waals surface area contributed by atoms with Crippen LogP contribution in [0.5, 0.6) is 0 Å². The highest BCUT2D eigenvalue weighted by molar-refractivity contribution is 7.66. The number of hydrogen-bond acceptors (Lipinski definition) is 16. The third kappa shape index (κ3) is 7.28. The lowest BCUT2D eigenvalue weighted by Crippen LogP contribution is -2.33. The summed E-state index contributed by atoms with van der Waals surface area (Å²) < 4.78 is 51.9. The van der Waals surface area contributed by atoms with Crippen molar-refractivity contribution >= 4 is 51.6 Å². The largest absolute Gasteiger partial charge is 0.490 e. The Morgan fingerprint density at radius 3 is 2.42 bits per heavy atom. The molecule has 0 spiro atoms. The molecular formula is C15H20N9O13P3. The highest BCUT2D eigenvalue weighted by Gasteiger charge is 2.47. The molecule has 0 saturated carbocycles. The number of nitrogen functional groups attached to an aromatic ring is 1. The molecule has 4 aromatic heterocycles. The van der Waals surface area contributed by atoms with Crippen LogP contribution < -0.4 is 5.73 Å². The second kappa shape index (κ2) is 11.6. The second-order valence-electron chi connectivity index (χ2n) is 7.68. The number of ether oxygens (including phenoxy) is 1. The number of phosphoric ester groups is 1. The van der Waals surface area contributed by atoms with E-state index in [1.165, 1.54) is 17.2 Å². The number of rotatable bonds is 8. The maximum absolute atomic E-state index is 11.8. The van der Waals surface area contributed by atoms with Crippen LogP contribution >= 0.6 is 23.5 Å². The summed E-state index contributed by atoms with van der Waals surface area (Å²) in [6.45, 7) is -0.956. The summed E-state index contributed by atoms with van der Waals surface area (Å²) in [5, 5.41) is 20.4. The zero-order chi connectivity index (χ0) is 29.3. The Hall–Kier alpha value is -2.81. The number of H-pyrrole nitrogens is 1. The molecule has 1 saturated heterocycles. The smallest absolute Gasteiger partial charge is 0.387 e. The number of imidazole rings is 2. The number of nitrogens with zero attached hydrogens (tertiary/aromatic N) is 7. The van der Waals surface area contributed by atoms with Gasteiger partial charge in [0.1, 0.15) is 42.0 Å². The Bertz CT molecular complexity index is 1600. The van der Waals surface area contributed by atoms with Crippen molar-refractivity contribution < 1.29 is 61.4 Å². The van der Waals surface area contributed by atoms with Crippen molar-refractivity contribution in [2.75, 3.05) is 12.3 Å². The topological polar surface area (TPSA) is 334 Å². The van der Waals surface area contributed by atoms with Gasteiger partial charge in [0, 0.05) is 0 Å². The van der Waals surface area contributed by atoms with E-state index in [2.05, 4.69) is 48.0 Å². The summed E-state index contributed by atoms with van der Waals surface area (Å²) in [5.41, 5.74) is 7.59. The molecule has 0 radical (unpaired) electrons. The van der Waals surface area contributed by atoms with Crippen LogP contribution in [0.1, 0.15) is 6.23 Å². The molecule has 0 amide bonds. The molecule has 5 rings (SSSR count). The van der Waals surface area contributed by atoms with Gasteiger partial charge in [0.2, 0.25) is 0 Å². The number of hydrogen-bond donors (Lipinski definition) is 8. The molecule has 1 aliphatic heterocycles. The van der Waals surface area contributed by atoms with Crippen LogP contribution in [0.4, 0.5) is 5.82 Å². The van der Waals surface area contributed by atoms with Gasteiger partial charge in [-0.2, -0.15) is 8.62 Å². The van der Waals surface area contributed by atoms with E-state index in [-0.39, 0.29) is 17.0 Å². The molecule has 40 heavy (non-hydrogen) atoms. The maximum atomic E-state index is 11.8. The summed E-state index contributed by atoms with van der Waals surface area (Å²) >= 11 is 0. The highest BCUT2D eigenvalue weighted by atomic mass is 31.3. The number of aliphatic hydroxyl groups is 2. The summed E-state index contributed by atoms with van der Waals surface area (Å²) in [5.74, 6) is 0.0426. The predicted octanol–water partition coefficient (Wildman–Crippen LogP) is -1.28. The van der Waals surface area contributed by atoms with Crippen LogP contribution in [0, 0.1) is 0 Å². The van der Waals surface area contributed by atoms with Crippen molar-refractivity contribution in [2.45, 2.75) is 24.5 Å². The standard InChI is InChI=1S/C10H16N5O13P3.C5H4N4/c11-8-5-9(13-2-12-8)15(3-14-5)10-7(17)6(16)4(26-10)1-25-30(21,22)28-31(23,24)27-29(18,19)20;1-4-5(8-2-6-1)9-3-7-4/h2-4,6-7,10,16-17H,1H2,(H,21,22)(H,23,24)(H2,11,12,13)(H2,18,19,20);1-3H,(H,6,7,8,9)/t4-,6-,7-,10-;/m1./s1. The van der Waals surface area contributed by atoms with E-state index >= 15 is 0 Å². The van der Waals surface area contributed by atoms with Crippen molar-refractivity contribution in [1.82, 2.24) is 39.5 Å². The van der Waals surface area contributed by atoms with E-state index in [0.29, 0.717) is 5.65 Å². The maximum Gasteiger partial charge on any atom is 0.490 e. The second-order valence-corrected chi connectivity index (χ2v) is 12.1. The van der Waals surface area contributed by atoms with Crippen LogP contribution in [0.25, 0.3) is 22.3 Å². The van der Waals surface area contributed by atoms with Crippen LogP contribution in [0.2, 0.25) is 0 Å². The number of aliphatic hydroxyl groups excluding tert-OH is 2. The SMILES string of the molecule is Nc1ncnc2c1ncn2[C@@H]1O[C@H](COP(=O)(O)OP(=O)(O)OP(=O)(O)O)[C@@H](O)[C@H]1O.c1ncc2[nH]cnc2n1. The zero-order valence-electron chi connectivity index (χ0n) is 19.5. The van der Waals surface area contributed by atoms with Crippen molar-refractivity contribution in [3.8, 4) is 0 Å². The van der Waals surface area contributed by atoms with E-state index in [1.54, 1.807) is 12.5 Å². The first kappa shape index (κ1) is 30.2. The van der Waals surface area contributed by atoms with Gasteiger partial charge in [-0.05, 0) is 0 Å². The number of phosphoric acid groups is 3. The Labute approximate surface area is 221 Å². The average molecular weight is 627 g/mol. The van der Waals surface area contributed by atoms with E-state index in [0.717, 1.165) is 11.8 Å². The molecule has 4 aromatic rings. The van der Waals surface area contributed by atoms with Gasteiger partial charge in [0.15, 0.2) is 23.3 Å². The van der Waals surface area contributed by atoms with Gasteiger partial charge in [-0.15, -0.1) is 0 Å². The quantitative estimate of drug-likeness (QED) is 0.105. The monoisotopic (exact) mass is 627 g/mol. The first-order chi connectivity index (χ1) is 18.7. The molecule has 22 nitrogen and oxygen atoms in total. The molecule has 9 N–H and O–H groups in total. The molecule has 2 unspecified atom stereocenters. The number of anilines is 1. The van der Waals surface area contributed by atoms with Gasteiger partial charge >= 0.3 is 23.5 Å². The Balaban J connectivity index is 0.000000343. The first-order valence-corrected chi connectivity index (χ1v) is 15.0. The molecule has 5 heterocycles. The van der Waals surface area contributed by atoms with Crippen LogP contribution in [0.3, 0.4) is 0 Å². The number of aromatic amines is 1.